The molecule has 0 atom stereocenters. The van der Waals surface area contributed by atoms with Crippen molar-refractivity contribution >= 4 is 21.7 Å². The molecule has 0 aliphatic heterocycles. The Bertz CT molecular complexity index is 1130. The molecule has 8 heteroatoms. The Kier molecular flexibility index (Phi) is 7.81. The fourth-order valence-electron chi connectivity index (χ4n) is 3.13. The molecule has 0 saturated heterocycles. The summed E-state index contributed by atoms with van der Waals surface area (Å²) in [6, 6.07) is 7.80. The Labute approximate surface area is 186 Å². The molecular weight excluding hydrogens is 470 g/mol. The number of pyridine rings is 2. The highest BCUT2D eigenvalue weighted by Gasteiger charge is 2.22. The molecule has 0 fully saturated rings. The summed E-state index contributed by atoms with van der Waals surface area (Å²) >= 11 is 3.18. The van der Waals surface area contributed by atoms with Gasteiger partial charge in [-0.1, -0.05) is 35.0 Å². The zero-order valence-corrected chi connectivity index (χ0v) is 18.5. The van der Waals surface area contributed by atoms with Crippen LogP contribution in [-0.4, -0.2) is 28.5 Å². The molecule has 0 aliphatic rings. The molecule has 1 aromatic carbocycles. The van der Waals surface area contributed by atoms with E-state index in [4.69, 9.17) is 4.74 Å². The molecular formula is C23H21BrF2N2O3. The van der Waals surface area contributed by atoms with Crippen LogP contribution in [-0.2, 0) is 17.7 Å². The van der Waals surface area contributed by atoms with Crippen molar-refractivity contribution in [1.82, 2.24) is 9.55 Å². The number of carbonyl (C=O) groups excluding carboxylic acids is 1. The number of carbonyl (C=O) groups is 1. The topological polar surface area (TPSA) is 61.2 Å². The Morgan fingerprint density at radius 3 is 2.74 bits per heavy atom. The molecule has 0 spiro atoms. The van der Waals surface area contributed by atoms with Crippen molar-refractivity contribution in [1.29, 1.82) is 0 Å². The number of nitrogens with zero attached hydrogens (tertiary/aromatic N) is 2. The lowest BCUT2D eigenvalue weighted by Crippen LogP contribution is -2.28. The first-order valence-corrected chi connectivity index (χ1v) is 10.6. The van der Waals surface area contributed by atoms with E-state index in [1.807, 2.05) is 6.92 Å². The molecule has 5 nitrogen and oxygen atoms in total. The normalized spacial score (nSPS) is 11.0. The minimum atomic E-state index is -1.08. The van der Waals surface area contributed by atoms with Gasteiger partial charge in [-0.15, -0.1) is 0 Å². The fourth-order valence-corrected chi connectivity index (χ4v) is 3.46. The molecule has 162 valence electrons. The zero-order chi connectivity index (χ0) is 22.4. The van der Waals surface area contributed by atoms with Crippen LogP contribution in [0.2, 0.25) is 0 Å². The number of halogens is 3. The SMILES string of the molecule is CCCOCC(=O)c1cn(Cc2cccnc2)c(=O)c(F)c1Cc1ccc(Br)cc1F. The summed E-state index contributed by atoms with van der Waals surface area (Å²) in [5.74, 6) is -2.11. The number of hydrogen-bond donors (Lipinski definition) is 0. The van der Waals surface area contributed by atoms with Crippen LogP contribution in [0.25, 0.3) is 0 Å². The Hall–Kier alpha value is -2.71. The van der Waals surface area contributed by atoms with Crippen molar-refractivity contribution in [2.24, 2.45) is 0 Å². The van der Waals surface area contributed by atoms with Gasteiger partial charge < -0.3 is 9.30 Å². The van der Waals surface area contributed by atoms with Crippen molar-refractivity contribution in [3.8, 4) is 0 Å². The van der Waals surface area contributed by atoms with Gasteiger partial charge in [0.2, 0.25) is 0 Å². The molecule has 2 heterocycles. The highest BCUT2D eigenvalue weighted by molar-refractivity contribution is 9.10. The summed E-state index contributed by atoms with van der Waals surface area (Å²) in [7, 11) is 0. The standard InChI is InChI=1S/C23H21BrF2N2O3/c1-2-8-31-14-21(29)19-13-28(12-15-4-3-7-27-11-15)23(30)22(26)18(19)9-16-5-6-17(24)10-20(16)25/h3-7,10-11,13H,2,8-9,12,14H2,1H3. The van der Waals surface area contributed by atoms with Crippen LogP contribution in [0.4, 0.5) is 8.78 Å². The lowest BCUT2D eigenvalue weighted by atomic mass is 9.98. The number of benzene rings is 1. The van der Waals surface area contributed by atoms with Crippen LogP contribution in [0.3, 0.4) is 0 Å². The molecule has 0 bridgehead atoms. The average molecular weight is 491 g/mol. The van der Waals surface area contributed by atoms with Crippen molar-refractivity contribution in [2.45, 2.75) is 26.3 Å². The van der Waals surface area contributed by atoms with Gasteiger partial charge in [-0.05, 0) is 35.7 Å². The van der Waals surface area contributed by atoms with Crippen molar-refractivity contribution in [3.63, 3.8) is 0 Å². The van der Waals surface area contributed by atoms with Crippen LogP contribution < -0.4 is 5.56 Å². The number of ether oxygens (including phenoxy) is 1. The highest BCUT2D eigenvalue weighted by Crippen LogP contribution is 2.22. The Balaban J connectivity index is 2.05. The summed E-state index contributed by atoms with van der Waals surface area (Å²) < 4.78 is 36.5. The Morgan fingerprint density at radius 2 is 2.06 bits per heavy atom. The summed E-state index contributed by atoms with van der Waals surface area (Å²) in [5.41, 5.74) is -0.174. The molecule has 0 aliphatic carbocycles. The van der Waals surface area contributed by atoms with Crippen molar-refractivity contribution in [3.05, 3.63) is 97.6 Å². The maximum absolute atomic E-state index is 15.2. The minimum Gasteiger partial charge on any atom is -0.373 e. The summed E-state index contributed by atoms with van der Waals surface area (Å²) in [6.45, 7) is 2.07. The Morgan fingerprint density at radius 1 is 1.26 bits per heavy atom. The first-order valence-electron chi connectivity index (χ1n) is 9.76. The van der Waals surface area contributed by atoms with Gasteiger partial charge >= 0.3 is 0 Å². The molecule has 0 amide bonds. The minimum absolute atomic E-state index is 0.000544. The van der Waals surface area contributed by atoms with Gasteiger partial charge in [-0.2, -0.15) is 0 Å². The van der Waals surface area contributed by atoms with Crippen molar-refractivity contribution < 1.29 is 18.3 Å². The van der Waals surface area contributed by atoms with Gasteiger partial charge in [0.15, 0.2) is 11.6 Å². The van der Waals surface area contributed by atoms with Gasteiger partial charge in [0, 0.05) is 47.2 Å². The van der Waals surface area contributed by atoms with E-state index >= 15 is 4.39 Å². The molecule has 0 radical (unpaired) electrons. The summed E-state index contributed by atoms with van der Waals surface area (Å²) in [6.07, 6.45) is 4.95. The third kappa shape index (κ3) is 5.71. The molecule has 3 rings (SSSR count). The summed E-state index contributed by atoms with van der Waals surface area (Å²) in [5, 5.41) is 0. The first-order chi connectivity index (χ1) is 14.9. The van der Waals surface area contributed by atoms with Gasteiger partial charge in [0.05, 0.1) is 6.54 Å². The maximum Gasteiger partial charge on any atom is 0.287 e. The zero-order valence-electron chi connectivity index (χ0n) is 16.9. The van der Waals surface area contributed by atoms with Crippen molar-refractivity contribution in [2.75, 3.05) is 13.2 Å². The summed E-state index contributed by atoms with van der Waals surface area (Å²) in [4.78, 5) is 29.5. The van der Waals surface area contributed by atoms with Crippen LogP contribution in [0.5, 0.6) is 0 Å². The third-order valence-electron chi connectivity index (χ3n) is 4.66. The molecule has 0 unspecified atom stereocenters. The first kappa shape index (κ1) is 23.0. The third-order valence-corrected chi connectivity index (χ3v) is 5.16. The number of Topliss-reactive ketones (excluding diaryl/α,β-unsaturated/α-hetero) is 1. The van der Waals surface area contributed by atoms with E-state index < -0.39 is 23.0 Å². The largest absolute Gasteiger partial charge is 0.373 e. The maximum atomic E-state index is 15.2. The fraction of sp³-hybridized carbons (Fsp3) is 0.261. The van der Waals surface area contributed by atoms with E-state index in [2.05, 4.69) is 20.9 Å². The molecule has 0 N–H and O–H groups in total. The smallest absolute Gasteiger partial charge is 0.287 e. The number of rotatable bonds is 9. The monoisotopic (exact) mass is 490 g/mol. The quantitative estimate of drug-likeness (QED) is 0.326. The van der Waals surface area contributed by atoms with E-state index in [9.17, 15) is 14.0 Å². The van der Waals surface area contributed by atoms with Gasteiger partial charge in [0.25, 0.3) is 5.56 Å². The van der Waals surface area contributed by atoms with Gasteiger partial charge in [-0.25, -0.2) is 8.78 Å². The van der Waals surface area contributed by atoms with E-state index in [-0.39, 0.29) is 36.3 Å². The van der Waals surface area contributed by atoms with E-state index in [1.54, 1.807) is 30.6 Å². The second-order valence-corrected chi connectivity index (χ2v) is 7.93. The molecule has 2 aromatic heterocycles. The van der Waals surface area contributed by atoms with Crippen LogP contribution in [0.15, 0.2) is 58.2 Å². The van der Waals surface area contributed by atoms with Crippen LogP contribution in [0.1, 0.15) is 40.4 Å². The second-order valence-electron chi connectivity index (χ2n) is 7.02. The predicted molar refractivity (Wildman–Crippen MR) is 116 cm³/mol. The molecule has 0 saturated carbocycles. The van der Waals surface area contributed by atoms with Crippen LogP contribution in [0, 0.1) is 11.6 Å². The lowest BCUT2D eigenvalue weighted by molar-refractivity contribution is 0.0759. The average Bonchev–Trinajstić information content (AvgIpc) is 2.75. The highest BCUT2D eigenvalue weighted by atomic mass is 79.9. The second kappa shape index (κ2) is 10.5. The molecule has 31 heavy (non-hydrogen) atoms. The number of hydrogen-bond acceptors (Lipinski definition) is 4. The van der Waals surface area contributed by atoms with E-state index in [0.717, 1.165) is 11.0 Å². The number of ketones is 1. The predicted octanol–water partition coefficient (Wildman–Crippen LogP) is 4.53. The van der Waals surface area contributed by atoms with Gasteiger partial charge in [-0.3, -0.25) is 14.6 Å². The van der Waals surface area contributed by atoms with Gasteiger partial charge in [0.1, 0.15) is 12.4 Å². The van der Waals surface area contributed by atoms with E-state index in [1.165, 1.54) is 18.3 Å². The van der Waals surface area contributed by atoms with E-state index in [0.29, 0.717) is 16.6 Å². The molecule has 3 aromatic rings. The number of aromatic nitrogens is 2. The lowest BCUT2D eigenvalue weighted by Gasteiger charge is -2.15. The van der Waals surface area contributed by atoms with Crippen LogP contribution >= 0.6 is 15.9 Å².